The molecule has 1 aliphatic heterocycles. The molecule has 1 aromatic carbocycles. The molecule has 0 radical (unpaired) electrons. The summed E-state index contributed by atoms with van der Waals surface area (Å²) in [5.74, 6) is -0.166. The van der Waals surface area contributed by atoms with Crippen LogP contribution in [0.4, 0.5) is 4.39 Å². The predicted octanol–water partition coefficient (Wildman–Crippen LogP) is 2.14. The van der Waals surface area contributed by atoms with Crippen LogP contribution in [0.25, 0.3) is 0 Å². The molecule has 0 aliphatic carbocycles. The molecule has 1 aliphatic rings. The highest BCUT2D eigenvalue weighted by atomic mass is 19.1. The number of hydrogen-bond donors (Lipinski definition) is 1. The van der Waals surface area contributed by atoms with Crippen LogP contribution in [0, 0.1) is 5.82 Å². The van der Waals surface area contributed by atoms with E-state index >= 15 is 0 Å². The molecule has 16 heavy (non-hydrogen) atoms. The van der Waals surface area contributed by atoms with Crippen LogP contribution in [0.3, 0.4) is 0 Å². The summed E-state index contributed by atoms with van der Waals surface area (Å²) in [5.41, 5.74) is 1.18. The fourth-order valence-corrected chi connectivity index (χ4v) is 1.97. The lowest BCUT2D eigenvalue weighted by atomic mass is 10.1. The fourth-order valence-electron chi connectivity index (χ4n) is 1.97. The Kier molecular flexibility index (Phi) is 4.31. The smallest absolute Gasteiger partial charge is 0.123 e. The van der Waals surface area contributed by atoms with E-state index in [4.69, 9.17) is 4.74 Å². The topological polar surface area (TPSA) is 21.3 Å². The monoisotopic (exact) mass is 223 g/mol. The lowest BCUT2D eigenvalue weighted by Crippen LogP contribution is -2.35. The highest BCUT2D eigenvalue weighted by Gasteiger charge is 2.12. The summed E-state index contributed by atoms with van der Waals surface area (Å²) < 4.78 is 18.0. The van der Waals surface area contributed by atoms with E-state index in [1.807, 2.05) is 12.1 Å². The average Bonchev–Trinajstić information content (AvgIpc) is 2.33. The molecule has 0 aromatic heterocycles. The maximum absolute atomic E-state index is 12.7. The molecule has 88 valence electrons. The molecule has 3 heteroatoms. The first kappa shape index (κ1) is 11.6. The van der Waals surface area contributed by atoms with Crippen molar-refractivity contribution in [1.82, 2.24) is 5.32 Å². The van der Waals surface area contributed by atoms with Gasteiger partial charge in [0, 0.05) is 19.3 Å². The van der Waals surface area contributed by atoms with Crippen LogP contribution in [0.2, 0.25) is 0 Å². The van der Waals surface area contributed by atoms with Gasteiger partial charge in [0.05, 0.1) is 0 Å². The van der Waals surface area contributed by atoms with Crippen LogP contribution in [0.15, 0.2) is 24.3 Å². The van der Waals surface area contributed by atoms with Crippen LogP contribution in [-0.2, 0) is 11.2 Å². The van der Waals surface area contributed by atoms with Crippen molar-refractivity contribution in [2.75, 3.05) is 19.8 Å². The van der Waals surface area contributed by atoms with Gasteiger partial charge in [-0.25, -0.2) is 4.39 Å². The Morgan fingerprint density at radius 2 is 1.88 bits per heavy atom. The first-order valence-corrected chi connectivity index (χ1v) is 5.90. The van der Waals surface area contributed by atoms with Gasteiger partial charge in [-0.2, -0.15) is 0 Å². The first-order chi connectivity index (χ1) is 7.84. The number of benzene rings is 1. The normalized spacial score (nSPS) is 17.6. The molecule has 1 heterocycles. The zero-order valence-electron chi connectivity index (χ0n) is 9.42. The molecule has 0 bridgehead atoms. The first-order valence-electron chi connectivity index (χ1n) is 5.90. The van der Waals surface area contributed by atoms with Gasteiger partial charge < -0.3 is 10.1 Å². The molecule has 2 rings (SSSR count). The maximum atomic E-state index is 12.7. The predicted molar refractivity (Wildman–Crippen MR) is 61.9 cm³/mol. The van der Waals surface area contributed by atoms with Gasteiger partial charge in [0.1, 0.15) is 5.82 Å². The lowest BCUT2D eigenvalue weighted by molar-refractivity contribution is 0.0782. The zero-order chi connectivity index (χ0) is 11.2. The Morgan fingerprint density at radius 1 is 1.19 bits per heavy atom. The van der Waals surface area contributed by atoms with Crippen LogP contribution >= 0.6 is 0 Å². The number of hydrogen-bond acceptors (Lipinski definition) is 2. The minimum atomic E-state index is -0.166. The van der Waals surface area contributed by atoms with E-state index < -0.39 is 0 Å². The van der Waals surface area contributed by atoms with Crippen molar-refractivity contribution in [2.45, 2.75) is 25.3 Å². The quantitative estimate of drug-likeness (QED) is 0.844. The summed E-state index contributed by atoms with van der Waals surface area (Å²) in [5, 5.41) is 3.51. The van der Waals surface area contributed by atoms with Gasteiger partial charge in [-0.05, 0) is 43.5 Å². The number of ether oxygens (including phenoxy) is 1. The van der Waals surface area contributed by atoms with Crippen molar-refractivity contribution in [1.29, 1.82) is 0 Å². The van der Waals surface area contributed by atoms with E-state index in [1.54, 1.807) is 0 Å². The molecule has 1 saturated heterocycles. The third kappa shape index (κ3) is 3.58. The molecule has 1 aromatic rings. The van der Waals surface area contributed by atoms with Gasteiger partial charge >= 0.3 is 0 Å². The minimum Gasteiger partial charge on any atom is -0.381 e. The van der Waals surface area contributed by atoms with Crippen molar-refractivity contribution in [3.63, 3.8) is 0 Å². The van der Waals surface area contributed by atoms with E-state index in [0.717, 1.165) is 39.0 Å². The Bertz CT molecular complexity index is 306. The molecule has 0 saturated carbocycles. The lowest BCUT2D eigenvalue weighted by Gasteiger charge is -2.23. The zero-order valence-corrected chi connectivity index (χ0v) is 9.42. The average molecular weight is 223 g/mol. The highest BCUT2D eigenvalue weighted by molar-refractivity contribution is 5.16. The molecular formula is C13H18FNO. The Balaban J connectivity index is 1.69. The molecule has 2 nitrogen and oxygen atoms in total. The summed E-state index contributed by atoms with van der Waals surface area (Å²) in [7, 11) is 0. The molecule has 0 amide bonds. The number of nitrogens with one attached hydrogen (secondary N) is 1. The van der Waals surface area contributed by atoms with Gasteiger partial charge in [-0.15, -0.1) is 0 Å². The van der Waals surface area contributed by atoms with Crippen molar-refractivity contribution in [2.24, 2.45) is 0 Å². The molecular weight excluding hydrogens is 205 g/mol. The highest BCUT2D eigenvalue weighted by Crippen LogP contribution is 2.07. The number of halogens is 1. The fraction of sp³-hybridized carbons (Fsp3) is 0.538. The van der Waals surface area contributed by atoms with Crippen LogP contribution in [-0.4, -0.2) is 25.8 Å². The van der Waals surface area contributed by atoms with Crippen LogP contribution in [0.1, 0.15) is 18.4 Å². The summed E-state index contributed by atoms with van der Waals surface area (Å²) in [6, 6.07) is 7.32. The second-order valence-electron chi connectivity index (χ2n) is 4.22. The van der Waals surface area contributed by atoms with E-state index in [-0.39, 0.29) is 5.82 Å². The third-order valence-corrected chi connectivity index (χ3v) is 2.98. The Labute approximate surface area is 95.8 Å². The summed E-state index contributed by atoms with van der Waals surface area (Å²) in [6.45, 7) is 2.69. The van der Waals surface area contributed by atoms with E-state index in [2.05, 4.69) is 5.32 Å². The van der Waals surface area contributed by atoms with Crippen molar-refractivity contribution in [3.05, 3.63) is 35.6 Å². The van der Waals surface area contributed by atoms with Crippen LogP contribution in [0.5, 0.6) is 0 Å². The molecule has 0 spiro atoms. The SMILES string of the molecule is Fc1ccc(CCNC2CCOCC2)cc1. The van der Waals surface area contributed by atoms with E-state index in [9.17, 15) is 4.39 Å². The van der Waals surface area contributed by atoms with Crippen molar-refractivity contribution >= 4 is 0 Å². The molecule has 1 fully saturated rings. The summed E-state index contributed by atoms with van der Waals surface area (Å²) in [4.78, 5) is 0. The minimum absolute atomic E-state index is 0.166. The Morgan fingerprint density at radius 3 is 2.56 bits per heavy atom. The molecule has 0 atom stereocenters. The Hall–Kier alpha value is -0.930. The van der Waals surface area contributed by atoms with E-state index in [0.29, 0.717) is 6.04 Å². The third-order valence-electron chi connectivity index (χ3n) is 2.98. The van der Waals surface area contributed by atoms with E-state index in [1.165, 1.54) is 17.7 Å². The molecule has 1 N–H and O–H groups in total. The summed E-state index contributed by atoms with van der Waals surface area (Å²) in [6.07, 6.45) is 3.16. The summed E-state index contributed by atoms with van der Waals surface area (Å²) >= 11 is 0. The largest absolute Gasteiger partial charge is 0.381 e. The number of rotatable bonds is 4. The second kappa shape index (κ2) is 5.97. The van der Waals surface area contributed by atoms with Gasteiger partial charge in [0.15, 0.2) is 0 Å². The molecule has 0 unspecified atom stereocenters. The van der Waals surface area contributed by atoms with Gasteiger partial charge in [-0.3, -0.25) is 0 Å². The standard InChI is InChI=1S/C13H18FNO/c14-12-3-1-11(2-4-12)5-8-15-13-6-9-16-10-7-13/h1-4,13,15H,5-10H2. The van der Waals surface area contributed by atoms with Gasteiger partial charge in [0.2, 0.25) is 0 Å². The van der Waals surface area contributed by atoms with Crippen molar-refractivity contribution in [3.8, 4) is 0 Å². The van der Waals surface area contributed by atoms with Crippen LogP contribution < -0.4 is 5.32 Å². The van der Waals surface area contributed by atoms with Gasteiger partial charge in [-0.1, -0.05) is 12.1 Å². The van der Waals surface area contributed by atoms with Crippen molar-refractivity contribution < 1.29 is 9.13 Å². The maximum Gasteiger partial charge on any atom is 0.123 e. The second-order valence-corrected chi connectivity index (χ2v) is 4.22. The van der Waals surface area contributed by atoms with Gasteiger partial charge in [0.25, 0.3) is 0 Å².